The van der Waals surface area contributed by atoms with Crippen LogP contribution in [0.25, 0.3) is 0 Å². The summed E-state index contributed by atoms with van der Waals surface area (Å²) in [6.45, 7) is 10.1. The smallest absolute Gasteiger partial charge is 0.222 e. The Bertz CT molecular complexity index is 508. The number of carbonyl (C=O) groups is 1. The summed E-state index contributed by atoms with van der Waals surface area (Å²) in [7, 11) is 1.75. The summed E-state index contributed by atoms with van der Waals surface area (Å²) < 4.78 is 0. The number of nitrogens with one attached hydrogen (secondary N) is 3. The van der Waals surface area contributed by atoms with Gasteiger partial charge in [0.05, 0.1) is 0 Å². The normalized spacial score (nSPS) is 12.9. The van der Waals surface area contributed by atoms with Crippen molar-refractivity contribution >= 4 is 11.9 Å². The Hall–Kier alpha value is -2.04. The van der Waals surface area contributed by atoms with Crippen LogP contribution in [0.5, 0.6) is 0 Å². The predicted molar refractivity (Wildman–Crippen MR) is 96.8 cm³/mol. The molecule has 5 heteroatoms. The second-order valence-corrected chi connectivity index (χ2v) is 6.14. The fourth-order valence-corrected chi connectivity index (χ4v) is 2.05. The maximum Gasteiger partial charge on any atom is 0.222 e. The molecule has 1 atom stereocenters. The number of nitrogens with zero attached hydrogens (tertiary/aromatic N) is 1. The summed E-state index contributed by atoms with van der Waals surface area (Å²) in [6.07, 6.45) is 0. The molecule has 1 aromatic rings. The van der Waals surface area contributed by atoms with E-state index in [1.54, 1.807) is 7.05 Å². The first kappa shape index (κ1) is 19.0. The first-order chi connectivity index (χ1) is 10.9. The van der Waals surface area contributed by atoms with Gasteiger partial charge in [-0.05, 0) is 18.4 Å². The molecule has 0 aliphatic heterocycles. The lowest BCUT2D eigenvalue weighted by atomic mass is 10.0. The molecule has 0 heterocycles. The fraction of sp³-hybridized carbons (Fsp3) is 0.556. The minimum Gasteiger partial charge on any atom is -0.356 e. The number of carbonyl (C=O) groups excluding carboxylic acids is 1. The second-order valence-electron chi connectivity index (χ2n) is 6.14. The van der Waals surface area contributed by atoms with Gasteiger partial charge in [-0.25, -0.2) is 0 Å². The highest BCUT2D eigenvalue weighted by atomic mass is 16.1. The number of aliphatic imine (C=N–C) groups is 1. The lowest BCUT2D eigenvalue weighted by Gasteiger charge is -2.17. The number of benzene rings is 1. The zero-order chi connectivity index (χ0) is 17.2. The number of guanidine groups is 1. The molecule has 3 N–H and O–H groups in total. The number of rotatable bonds is 7. The van der Waals surface area contributed by atoms with E-state index in [-0.39, 0.29) is 11.8 Å². The minimum absolute atomic E-state index is 0.0165. The van der Waals surface area contributed by atoms with Crippen LogP contribution in [-0.4, -0.2) is 38.5 Å². The van der Waals surface area contributed by atoms with Gasteiger partial charge in [-0.2, -0.15) is 0 Å². The van der Waals surface area contributed by atoms with E-state index in [4.69, 9.17) is 0 Å². The standard InChI is InChI=1S/C18H30N4O/c1-13(2)17(23)20-10-11-21-18(19-5)22-12-15(4)16-8-6-14(3)7-9-16/h6-9,13,15H,10-12H2,1-5H3,(H,20,23)(H2,19,21,22). The Morgan fingerprint density at radius 2 is 1.65 bits per heavy atom. The van der Waals surface area contributed by atoms with Gasteiger partial charge in [0.1, 0.15) is 0 Å². The quantitative estimate of drug-likeness (QED) is 0.409. The highest BCUT2D eigenvalue weighted by Crippen LogP contribution is 2.14. The van der Waals surface area contributed by atoms with Gasteiger partial charge in [-0.15, -0.1) is 0 Å². The van der Waals surface area contributed by atoms with E-state index < -0.39 is 0 Å². The molecule has 0 aromatic heterocycles. The first-order valence-corrected chi connectivity index (χ1v) is 8.22. The third-order valence-corrected chi connectivity index (χ3v) is 3.69. The van der Waals surface area contributed by atoms with Gasteiger partial charge < -0.3 is 16.0 Å². The molecule has 1 aromatic carbocycles. The van der Waals surface area contributed by atoms with Crippen molar-refractivity contribution in [2.24, 2.45) is 10.9 Å². The fourth-order valence-electron chi connectivity index (χ4n) is 2.05. The Morgan fingerprint density at radius 1 is 1.04 bits per heavy atom. The zero-order valence-corrected chi connectivity index (χ0v) is 14.9. The molecule has 128 valence electrons. The van der Waals surface area contributed by atoms with Crippen LogP contribution in [0, 0.1) is 12.8 Å². The Kier molecular flexibility index (Phi) is 8.16. The van der Waals surface area contributed by atoms with Crippen molar-refractivity contribution in [2.75, 3.05) is 26.7 Å². The van der Waals surface area contributed by atoms with E-state index in [1.807, 2.05) is 13.8 Å². The molecule has 23 heavy (non-hydrogen) atoms. The van der Waals surface area contributed by atoms with Crippen LogP contribution in [0.2, 0.25) is 0 Å². The van der Waals surface area contributed by atoms with Gasteiger partial charge in [0, 0.05) is 32.6 Å². The molecule has 0 saturated carbocycles. The van der Waals surface area contributed by atoms with Crippen LogP contribution in [0.15, 0.2) is 29.3 Å². The van der Waals surface area contributed by atoms with Crippen LogP contribution in [0.3, 0.4) is 0 Å². The second kappa shape index (κ2) is 9.87. The van der Waals surface area contributed by atoms with Crippen LogP contribution >= 0.6 is 0 Å². The Labute approximate surface area is 140 Å². The average molecular weight is 318 g/mol. The molecule has 5 nitrogen and oxygen atoms in total. The van der Waals surface area contributed by atoms with E-state index in [2.05, 4.69) is 59.1 Å². The first-order valence-electron chi connectivity index (χ1n) is 8.22. The monoisotopic (exact) mass is 318 g/mol. The van der Waals surface area contributed by atoms with Crippen LogP contribution in [0.1, 0.15) is 37.8 Å². The Morgan fingerprint density at radius 3 is 2.22 bits per heavy atom. The van der Waals surface area contributed by atoms with Crippen molar-refractivity contribution < 1.29 is 4.79 Å². The lowest BCUT2D eigenvalue weighted by Crippen LogP contribution is -2.43. The highest BCUT2D eigenvalue weighted by Gasteiger charge is 2.07. The van der Waals surface area contributed by atoms with Gasteiger partial charge in [0.15, 0.2) is 5.96 Å². The number of hydrogen-bond acceptors (Lipinski definition) is 2. The van der Waals surface area contributed by atoms with Crippen molar-refractivity contribution in [3.63, 3.8) is 0 Å². The maximum absolute atomic E-state index is 11.5. The maximum atomic E-state index is 11.5. The van der Waals surface area contributed by atoms with Crippen molar-refractivity contribution in [3.8, 4) is 0 Å². The van der Waals surface area contributed by atoms with Crippen molar-refractivity contribution in [1.82, 2.24) is 16.0 Å². The van der Waals surface area contributed by atoms with Crippen LogP contribution in [-0.2, 0) is 4.79 Å². The van der Waals surface area contributed by atoms with E-state index in [1.165, 1.54) is 11.1 Å². The summed E-state index contributed by atoms with van der Waals surface area (Å²) in [5, 5.41) is 9.40. The third kappa shape index (κ3) is 7.17. The molecular formula is C18H30N4O. The van der Waals surface area contributed by atoms with Crippen molar-refractivity contribution in [1.29, 1.82) is 0 Å². The van der Waals surface area contributed by atoms with Gasteiger partial charge in [0.25, 0.3) is 0 Å². The number of hydrogen-bond donors (Lipinski definition) is 3. The summed E-state index contributed by atoms with van der Waals surface area (Å²) in [5.41, 5.74) is 2.58. The summed E-state index contributed by atoms with van der Waals surface area (Å²) in [4.78, 5) is 15.7. The van der Waals surface area contributed by atoms with Crippen LogP contribution in [0.4, 0.5) is 0 Å². The molecule has 1 unspecified atom stereocenters. The SMILES string of the molecule is CN=C(NCCNC(=O)C(C)C)NCC(C)c1ccc(C)cc1. The van der Waals surface area contributed by atoms with E-state index in [9.17, 15) is 4.79 Å². The molecule has 0 fully saturated rings. The van der Waals surface area contributed by atoms with Crippen LogP contribution < -0.4 is 16.0 Å². The number of aryl methyl sites for hydroxylation is 1. The van der Waals surface area contributed by atoms with Gasteiger partial charge in [0.2, 0.25) is 5.91 Å². The van der Waals surface area contributed by atoms with E-state index >= 15 is 0 Å². The predicted octanol–water partition coefficient (Wildman–Crippen LogP) is 2.04. The average Bonchev–Trinajstić information content (AvgIpc) is 2.54. The van der Waals surface area contributed by atoms with Gasteiger partial charge >= 0.3 is 0 Å². The van der Waals surface area contributed by atoms with Crippen molar-refractivity contribution in [2.45, 2.75) is 33.6 Å². The van der Waals surface area contributed by atoms with Gasteiger partial charge in [-0.1, -0.05) is 50.6 Å². The van der Waals surface area contributed by atoms with Gasteiger partial charge in [-0.3, -0.25) is 9.79 Å². The molecule has 1 amide bonds. The summed E-state index contributed by atoms with van der Waals surface area (Å²) in [5.74, 6) is 1.24. The number of amides is 1. The molecule has 0 bridgehead atoms. The van der Waals surface area contributed by atoms with E-state index in [0.29, 0.717) is 19.0 Å². The minimum atomic E-state index is 0.0165. The molecule has 1 rings (SSSR count). The van der Waals surface area contributed by atoms with E-state index in [0.717, 1.165) is 12.5 Å². The summed E-state index contributed by atoms with van der Waals surface area (Å²) >= 11 is 0. The third-order valence-electron chi connectivity index (χ3n) is 3.69. The molecular weight excluding hydrogens is 288 g/mol. The summed E-state index contributed by atoms with van der Waals surface area (Å²) in [6, 6.07) is 8.60. The lowest BCUT2D eigenvalue weighted by molar-refractivity contribution is -0.123. The molecule has 0 saturated heterocycles. The molecule has 0 aliphatic rings. The topological polar surface area (TPSA) is 65.5 Å². The molecule has 0 radical (unpaired) electrons. The highest BCUT2D eigenvalue weighted by molar-refractivity contribution is 5.80. The van der Waals surface area contributed by atoms with Crippen molar-refractivity contribution in [3.05, 3.63) is 35.4 Å². The molecule has 0 spiro atoms. The largest absolute Gasteiger partial charge is 0.356 e. The molecule has 0 aliphatic carbocycles. The Balaban J connectivity index is 2.31. The zero-order valence-electron chi connectivity index (χ0n) is 14.9.